The lowest BCUT2D eigenvalue weighted by Crippen LogP contribution is -2.31. The first kappa shape index (κ1) is 4.73. The van der Waals surface area contributed by atoms with Gasteiger partial charge in [-0.25, -0.2) is 0 Å². The summed E-state index contributed by atoms with van der Waals surface area (Å²) in [5, 5.41) is 6.67. The molecule has 0 aromatic heterocycles. The zero-order valence-electron chi connectivity index (χ0n) is 4.85. The van der Waals surface area contributed by atoms with Crippen LogP contribution in [0.3, 0.4) is 0 Å². The number of nitrogens with zero attached hydrogens (tertiary/aromatic N) is 1. The van der Waals surface area contributed by atoms with Crippen molar-refractivity contribution >= 4 is 0 Å². The second-order valence-corrected chi connectivity index (χ2v) is 2.39. The number of hydrogen-bond donors (Lipinski definition) is 2. The molecule has 2 saturated heterocycles. The third-order valence-electron chi connectivity index (χ3n) is 1.87. The van der Waals surface area contributed by atoms with Crippen molar-refractivity contribution in [3.63, 3.8) is 0 Å². The van der Waals surface area contributed by atoms with E-state index in [-0.39, 0.29) is 0 Å². The van der Waals surface area contributed by atoms with Crippen LogP contribution in [0.1, 0.15) is 0 Å². The predicted octanol–water partition coefficient (Wildman–Crippen LogP) is -1.22. The molecule has 3 nitrogen and oxygen atoms in total. The number of nitrogens with one attached hydrogen (secondary N) is 2. The Morgan fingerprint density at radius 2 is 2.50 bits per heavy atom. The smallest absolute Gasteiger partial charge is 0.0737 e. The summed E-state index contributed by atoms with van der Waals surface area (Å²) in [6.45, 7) is 4.60. The van der Waals surface area contributed by atoms with E-state index in [4.69, 9.17) is 0 Å². The van der Waals surface area contributed by atoms with E-state index in [9.17, 15) is 0 Å². The molecule has 2 aliphatic rings. The van der Waals surface area contributed by atoms with Crippen LogP contribution in [0.15, 0.2) is 0 Å². The van der Waals surface area contributed by atoms with Crippen LogP contribution in [0.25, 0.3) is 0 Å². The highest BCUT2D eigenvalue weighted by molar-refractivity contribution is 4.83. The lowest BCUT2D eigenvalue weighted by molar-refractivity contribution is 0.316. The van der Waals surface area contributed by atoms with Gasteiger partial charge in [-0.15, -0.1) is 0 Å². The van der Waals surface area contributed by atoms with Gasteiger partial charge in [0.05, 0.1) is 6.17 Å². The molecule has 3 heteroatoms. The second-order valence-electron chi connectivity index (χ2n) is 2.39. The summed E-state index contributed by atoms with van der Waals surface area (Å²) in [5.41, 5.74) is 0. The van der Waals surface area contributed by atoms with Crippen LogP contribution in [-0.2, 0) is 0 Å². The number of hydrogen-bond acceptors (Lipinski definition) is 3. The molecular formula is C5H11N3. The molecule has 2 rings (SSSR count). The molecule has 0 aromatic carbocycles. The topological polar surface area (TPSA) is 27.3 Å². The molecule has 2 N–H and O–H groups in total. The minimum Gasteiger partial charge on any atom is -0.301 e. The summed E-state index contributed by atoms with van der Waals surface area (Å²) < 4.78 is 0. The van der Waals surface area contributed by atoms with Gasteiger partial charge < -0.3 is 5.32 Å². The summed E-state index contributed by atoms with van der Waals surface area (Å²) >= 11 is 0. The minimum absolute atomic E-state index is 0.648. The Balaban J connectivity index is 2.04. The third kappa shape index (κ3) is 0.555. The van der Waals surface area contributed by atoms with Crippen LogP contribution in [0.2, 0.25) is 0 Å². The fourth-order valence-corrected chi connectivity index (χ4v) is 1.40. The van der Waals surface area contributed by atoms with E-state index in [1.165, 1.54) is 13.1 Å². The first-order chi connectivity index (χ1) is 3.97. The van der Waals surface area contributed by atoms with Crippen LogP contribution < -0.4 is 10.6 Å². The van der Waals surface area contributed by atoms with Crippen molar-refractivity contribution in [3.05, 3.63) is 0 Å². The first-order valence-electron chi connectivity index (χ1n) is 3.15. The molecule has 0 spiro atoms. The van der Waals surface area contributed by atoms with E-state index in [2.05, 4.69) is 15.5 Å². The highest BCUT2D eigenvalue weighted by Crippen LogP contribution is 2.04. The SMILES string of the molecule is C1CN2CNCC2N1. The molecule has 1 unspecified atom stereocenters. The lowest BCUT2D eigenvalue weighted by atomic mass is 10.5. The van der Waals surface area contributed by atoms with Gasteiger partial charge in [-0.3, -0.25) is 10.2 Å². The van der Waals surface area contributed by atoms with Gasteiger partial charge in [0.1, 0.15) is 0 Å². The lowest BCUT2D eigenvalue weighted by Gasteiger charge is -2.09. The van der Waals surface area contributed by atoms with Crippen molar-refractivity contribution in [1.82, 2.24) is 15.5 Å². The summed E-state index contributed by atoms with van der Waals surface area (Å²) in [4.78, 5) is 2.42. The maximum absolute atomic E-state index is 3.38. The molecule has 2 heterocycles. The predicted molar refractivity (Wildman–Crippen MR) is 31.4 cm³/mol. The largest absolute Gasteiger partial charge is 0.301 e. The molecule has 0 radical (unpaired) electrons. The summed E-state index contributed by atoms with van der Waals surface area (Å²) in [6, 6.07) is 0. The quantitative estimate of drug-likeness (QED) is 0.412. The van der Waals surface area contributed by atoms with Gasteiger partial charge in [0.25, 0.3) is 0 Å². The zero-order chi connectivity index (χ0) is 5.40. The highest BCUT2D eigenvalue weighted by atomic mass is 15.4. The average Bonchev–Trinajstić information content (AvgIpc) is 2.15. The van der Waals surface area contributed by atoms with E-state index in [0.29, 0.717) is 6.17 Å². The summed E-state index contributed by atoms with van der Waals surface area (Å²) in [5.74, 6) is 0. The Morgan fingerprint density at radius 3 is 3.38 bits per heavy atom. The van der Waals surface area contributed by atoms with Crippen LogP contribution in [0.4, 0.5) is 0 Å². The van der Waals surface area contributed by atoms with Crippen molar-refractivity contribution < 1.29 is 0 Å². The van der Waals surface area contributed by atoms with Crippen molar-refractivity contribution in [2.24, 2.45) is 0 Å². The normalized spacial score (nSPS) is 38.2. The van der Waals surface area contributed by atoms with Gasteiger partial charge >= 0.3 is 0 Å². The maximum Gasteiger partial charge on any atom is 0.0737 e. The zero-order valence-corrected chi connectivity index (χ0v) is 4.85. The number of fused-ring (bicyclic) bond motifs is 1. The van der Waals surface area contributed by atoms with Crippen LogP contribution >= 0.6 is 0 Å². The third-order valence-corrected chi connectivity index (χ3v) is 1.87. The molecule has 0 amide bonds. The highest BCUT2D eigenvalue weighted by Gasteiger charge is 2.27. The second kappa shape index (κ2) is 1.69. The van der Waals surface area contributed by atoms with E-state index in [1.54, 1.807) is 0 Å². The molecular weight excluding hydrogens is 102 g/mol. The Bertz CT molecular complexity index is 73.7. The molecule has 0 bridgehead atoms. The molecule has 2 aliphatic heterocycles. The molecule has 2 fully saturated rings. The summed E-state index contributed by atoms with van der Waals surface area (Å²) in [7, 11) is 0. The standard InChI is InChI=1S/C5H11N3/c1-2-8-4-6-3-5(8)7-1/h5-7H,1-4H2. The molecule has 0 aliphatic carbocycles. The van der Waals surface area contributed by atoms with Crippen molar-refractivity contribution in [1.29, 1.82) is 0 Å². The Hall–Kier alpha value is -0.120. The van der Waals surface area contributed by atoms with E-state index in [0.717, 1.165) is 13.2 Å². The van der Waals surface area contributed by atoms with E-state index < -0.39 is 0 Å². The van der Waals surface area contributed by atoms with Crippen LogP contribution in [0.5, 0.6) is 0 Å². The molecule has 46 valence electrons. The van der Waals surface area contributed by atoms with Gasteiger partial charge in [0.15, 0.2) is 0 Å². The fraction of sp³-hybridized carbons (Fsp3) is 1.00. The van der Waals surface area contributed by atoms with Gasteiger partial charge in [-0.1, -0.05) is 0 Å². The van der Waals surface area contributed by atoms with Gasteiger partial charge in [0.2, 0.25) is 0 Å². The molecule has 0 aromatic rings. The fourth-order valence-electron chi connectivity index (χ4n) is 1.40. The van der Waals surface area contributed by atoms with Crippen LogP contribution in [0, 0.1) is 0 Å². The first-order valence-corrected chi connectivity index (χ1v) is 3.15. The average molecular weight is 113 g/mol. The van der Waals surface area contributed by atoms with Gasteiger partial charge in [0, 0.05) is 26.3 Å². The van der Waals surface area contributed by atoms with Crippen molar-refractivity contribution in [2.45, 2.75) is 6.17 Å². The molecule has 1 atom stereocenters. The van der Waals surface area contributed by atoms with Crippen molar-refractivity contribution in [3.8, 4) is 0 Å². The van der Waals surface area contributed by atoms with Gasteiger partial charge in [-0.2, -0.15) is 0 Å². The number of rotatable bonds is 0. The van der Waals surface area contributed by atoms with Crippen molar-refractivity contribution in [2.75, 3.05) is 26.3 Å². The van der Waals surface area contributed by atoms with Gasteiger partial charge in [-0.05, 0) is 0 Å². The molecule has 0 saturated carbocycles. The van der Waals surface area contributed by atoms with Crippen LogP contribution in [-0.4, -0.2) is 37.4 Å². The Morgan fingerprint density at radius 1 is 1.50 bits per heavy atom. The van der Waals surface area contributed by atoms with E-state index >= 15 is 0 Å². The maximum atomic E-state index is 3.38. The van der Waals surface area contributed by atoms with E-state index in [1.807, 2.05) is 0 Å². The Kier molecular flexibility index (Phi) is 0.997. The molecule has 8 heavy (non-hydrogen) atoms. The summed E-state index contributed by atoms with van der Waals surface area (Å²) in [6.07, 6.45) is 0.648. The monoisotopic (exact) mass is 113 g/mol. The minimum atomic E-state index is 0.648. The Labute approximate surface area is 49.0 Å².